The van der Waals surface area contributed by atoms with Gasteiger partial charge in [-0.25, -0.2) is 0 Å². The van der Waals surface area contributed by atoms with Crippen LogP contribution >= 0.6 is 0 Å². The van der Waals surface area contributed by atoms with Crippen molar-refractivity contribution in [3.63, 3.8) is 0 Å². The first-order valence-corrected chi connectivity index (χ1v) is 9.29. The second-order valence-corrected chi connectivity index (χ2v) is 7.01. The third-order valence-electron chi connectivity index (χ3n) is 5.21. The van der Waals surface area contributed by atoms with E-state index >= 15 is 0 Å². The van der Waals surface area contributed by atoms with Gasteiger partial charge < -0.3 is 15.4 Å². The predicted octanol–water partition coefficient (Wildman–Crippen LogP) is 2.47. The Bertz CT molecular complexity index is 725. The van der Waals surface area contributed by atoms with E-state index in [2.05, 4.69) is 64.9 Å². The molecule has 0 amide bonds. The maximum absolute atomic E-state index is 6.10. The van der Waals surface area contributed by atoms with E-state index < -0.39 is 0 Å². The van der Waals surface area contributed by atoms with Crippen LogP contribution in [0.4, 0.5) is 0 Å². The highest BCUT2D eigenvalue weighted by Gasteiger charge is 2.24. The molecular weight excluding hydrogens is 310 g/mol. The Morgan fingerprint density at radius 2 is 1.96 bits per heavy atom. The molecule has 1 saturated heterocycles. The summed E-state index contributed by atoms with van der Waals surface area (Å²) < 4.78 is 6.10. The van der Waals surface area contributed by atoms with E-state index in [-0.39, 0.29) is 6.04 Å². The molecule has 4 heteroatoms. The van der Waals surface area contributed by atoms with E-state index in [1.807, 2.05) is 0 Å². The van der Waals surface area contributed by atoms with Crippen LogP contribution < -0.4 is 15.4 Å². The van der Waals surface area contributed by atoms with Crippen molar-refractivity contribution in [2.45, 2.75) is 19.6 Å². The van der Waals surface area contributed by atoms with Gasteiger partial charge in [0.05, 0.1) is 6.04 Å². The van der Waals surface area contributed by atoms with E-state index in [0.29, 0.717) is 6.61 Å². The number of benzene rings is 2. The molecule has 0 radical (unpaired) electrons. The maximum atomic E-state index is 6.10. The monoisotopic (exact) mass is 337 g/mol. The summed E-state index contributed by atoms with van der Waals surface area (Å²) in [5.41, 5.74) is 5.14. The zero-order chi connectivity index (χ0) is 17.1. The molecule has 0 aromatic heterocycles. The van der Waals surface area contributed by atoms with Crippen molar-refractivity contribution in [1.82, 2.24) is 15.5 Å². The van der Waals surface area contributed by atoms with Gasteiger partial charge in [-0.2, -0.15) is 0 Å². The van der Waals surface area contributed by atoms with Gasteiger partial charge in [0, 0.05) is 44.8 Å². The van der Waals surface area contributed by atoms with E-state index in [1.165, 1.54) is 22.3 Å². The summed E-state index contributed by atoms with van der Waals surface area (Å²) in [6.45, 7) is 9.33. The molecular formula is C21H27N3O. The zero-order valence-corrected chi connectivity index (χ0v) is 14.9. The summed E-state index contributed by atoms with van der Waals surface area (Å²) in [5, 5.41) is 7.22. The number of hydrogen-bond donors (Lipinski definition) is 2. The lowest BCUT2D eigenvalue weighted by Gasteiger charge is -2.28. The molecule has 2 aliphatic rings. The van der Waals surface area contributed by atoms with E-state index in [9.17, 15) is 0 Å². The second kappa shape index (κ2) is 7.56. The Hall–Kier alpha value is -1.88. The summed E-state index contributed by atoms with van der Waals surface area (Å²) >= 11 is 0. The van der Waals surface area contributed by atoms with Crippen LogP contribution in [0.2, 0.25) is 0 Å². The molecule has 2 heterocycles. The minimum absolute atomic E-state index is 0.191. The van der Waals surface area contributed by atoms with Crippen molar-refractivity contribution in [3.8, 4) is 5.75 Å². The normalized spacial score (nSPS) is 20.3. The van der Waals surface area contributed by atoms with Crippen molar-refractivity contribution >= 4 is 0 Å². The van der Waals surface area contributed by atoms with Crippen LogP contribution in [0.1, 0.15) is 28.3 Å². The zero-order valence-electron chi connectivity index (χ0n) is 14.9. The fourth-order valence-electron chi connectivity index (χ4n) is 3.82. The van der Waals surface area contributed by atoms with Gasteiger partial charge in [0.2, 0.25) is 0 Å². The van der Waals surface area contributed by atoms with Crippen molar-refractivity contribution in [2.24, 2.45) is 0 Å². The Morgan fingerprint density at radius 1 is 1.12 bits per heavy atom. The average molecular weight is 337 g/mol. The van der Waals surface area contributed by atoms with Gasteiger partial charge >= 0.3 is 0 Å². The average Bonchev–Trinajstić information content (AvgIpc) is 2.80. The molecule has 4 rings (SSSR count). The Kier molecular flexibility index (Phi) is 5.02. The molecule has 0 aliphatic carbocycles. The molecule has 0 bridgehead atoms. The molecule has 132 valence electrons. The van der Waals surface area contributed by atoms with Gasteiger partial charge in [-0.05, 0) is 24.1 Å². The largest absolute Gasteiger partial charge is 0.489 e. The van der Waals surface area contributed by atoms with Gasteiger partial charge in [0.1, 0.15) is 12.4 Å². The molecule has 1 fully saturated rings. The maximum Gasteiger partial charge on any atom is 0.124 e. The third-order valence-corrected chi connectivity index (χ3v) is 5.21. The van der Waals surface area contributed by atoms with Crippen molar-refractivity contribution < 1.29 is 4.74 Å². The number of fused-ring (bicyclic) bond motifs is 2. The van der Waals surface area contributed by atoms with Crippen LogP contribution in [0.5, 0.6) is 5.75 Å². The molecule has 2 aromatic rings. The summed E-state index contributed by atoms with van der Waals surface area (Å²) in [7, 11) is 0. The Labute approximate surface area is 150 Å². The first kappa shape index (κ1) is 16.6. The quantitative estimate of drug-likeness (QED) is 0.899. The molecule has 25 heavy (non-hydrogen) atoms. The Balaban J connectivity index is 1.57. The molecule has 2 aliphatic heterocycles. The first-order chi connectivity index (χ1) is 12.3. The first-order valence-electron chi connectivity index (χ1n) is 9.29. The van der Waals surface area contributed by atoms with Crippen LogP contribution in [0.25, 0.3) is 0 Å². The van der Waals surface area contributed by atoms with E-state index in [4.69, 9.17) is 4.74 Å². The summed E-state index contributed by atoms with van der Waals surface area (Å²) in [6.07, 6.45) is 0. The number of nitrogens with one attached hydrogen (secondary N) is 2. The molecule has 1 unspecified atom stereocenters. The SMILES string of the molecule is Cc1ccc2c(c1)C(NCCN1CCNCC1)c1ccccc1CO2. The van der Waals surface area contributed by atoms with Crippen LogP contribution in [0.3, 0.4) is 0 Å². The van der Waals surface area contributed by atoms with Crippen molar-refractivity contribution in [1.29, 1.82) is 0 Å². The Morgan fingerprint density at radius 3 is 2.84 bits per heavy atom. The van der Waals surface area contributed by atoms with Crippen molar-refractivity contribution in [2.75, 3.05) is 39.3 Å². The fraction of sp³-hybridized carbons (Fsp3) is 0.429. The lowest BCUT2D eigenvalue weighted by Crippen LogP contribution is -2.46. The van der Waals surface area contributed by atoms with Gasteiger partial charge in [-0.15, -0.1) is 0 Å². The second-order valence-electron chi connectivity index (χ2n) is 7.01. The van der Waals surface area contributed by atoms with Crippen molar-refractivity contribution in [3.05, 3.63) is 64.7 Å². The van der Waals surface area contributed by atoms with Crippen LogP contribution in [-0.2, 0) is 6.61 Å². The molecule has 0 spiro atoms. The topological polar surface area (TPSA) is 36.5 Å². The van der Waals surface area contributed by atoms with Crippen LogP contribution in [-0.4, -0.2) is 44.2 Å². The molecule has 4 nitrogen and oxygen atoms in total. The van der Waals surface area contributed by atoms with E-state index in [1.54, 1.807) is 0 Å². The minimum Gasteiger partial charge on any atom is -0.489 e. The number of nitrogens with zero attached hydrogens (tertiary/aromatic N) is 1. The number of aryl methyl sites for hydroxylation is 1. The van der Waals surface area contributed by atoms with Gasteiger partial charge in [-0.1, -0.05) is 42.0 Å². The lowest BCUT2D eigenvalue weighted by atomic mass is 9.94. The summed E-state index contributed by atoms with van der Waals surface area (Å²) in [5.74, 6) is 1.00. The number of rotatable bonds is 4. The summed E-state index contributed by atoms with van der Waals surface area (Å²) in [4.78, 5) is 2.53. The highest BCUT2D eigenvalue weighted by Crippen LogP contribution is 2.36. The number of ether oxygens (including phenoxy) is 1. The van der Waals surface area contributed by atoms with Crippen LogP contribution in [0.15, 0.2) is 42.5 Å². The fourth-order valence-corrected chi connectivity index (χ4v) is 3.82. The number of piperazine rings is 1. The van der Waals surface area contributed by atoms with E-state index in [0.717, 1.165) is 45.0 Å². The van der Waals surface area contributed by atoms with Gasteiger partial charge in [0.15, 0.2) is 0 Å². The standard InChI is InChI=1S/C21H27N3O/c1-16-6-7-20-19(14-16)21(18-5-3-2-4-17(18)15-25-20)23-10-13-24-11-8-22-9-12-24/h2-7,14,21-23H,8-13,15H2,1H3. The predicted molar refractivity (Wildman–Crippen MR) is 101 cm³/mol. The third kappa shape index (κ3) is 3.71. The van der Waals surface area contributed by atoms with Gasteiger partial charge in [0.25, 0.3) is 0 Å². The van der Waals surface area contributed by atoms with Gasteiger partial charge in [-0.3, -0.25) is 4.90 Å². The summed E-state index contributed by atoms with van der Waals surface area (Å²) in [6, 6.07) is 15.3. The molecule has 2 aromatic carbocycles. The highest BCUT2D eigenvalue weighted by molar-refractivity contribution is 5.47. The highest BCUT2D eigenvalue weighted by atomic mass is 16.5. The molecule has 0 saturated carbocycles. The van der Waals surface area contributed by atoms with Crippen LogP contribution in [0, 0.1) is 6.92 Å². The smallest absolute Gasteiger partial charge is 0.124 e. The molecule has 1 atom stereocenters. The lowest BCUT2D eigenvalue weighted by molar-refractivity contribution is 0.239. The molecule has 2 N–H and O–H groups in total. The minimum atomic E-state index is 0.191. The number of hydrogen-bond acceptors (Lipinski definition) is 4.